The summed E-state index contributed by atoms with van der Waals surface area (Å²) in [5.74, 6) is 0. The predicted octanol–water partition coefficient (Wildman–Crippen LogP) is 1.79. The van der Waals surface area contributed by atoms with Gasteiger partial charge in [-0.15, -0.1) is 0 Å². The van der Waals surface area contributed by atoms with Gasteiger partial charge in [-0.1, -0.05) is 0 Å². The number of hydrogen-bond donors (Lipinski definition) is 1. The quantitative estimate of drug-likeness (QED) is 0.885. The first-order chi connectivity index (χ1) is 8.99. The Kier molecular flexibility index (Phi) is 4.02. The summed E-state index contributed by atoms with van der Waals surface area (Å²) in [4.78, 5) is 15.4. The van der Waals surface area contributed by atoms with Gasteiger partial charge in [0.1, 0.15) is 0 Å². The van der Waals surface area contributed by atoms with Gasteiger partial charge in [0.25, 0.3) is 0 Å². The Morgan fingerprint density at radius 3 is 2.21 bits per heavy atom. The molecule has 1 aromatic rings. The molecule has 1 fully saturated rings. The van der Waals surface area contributed by atoms with Crippen LogP contribution in [0.2, 0.25) is 0 Å². The number of aromatic nitrogens is 1. The molecule has 2 rings (SSSR count). The minimum absolute atomic E-state index is 0.117. The summed E-state index contributed by atoms with van der Waals surface area (Å²) < 4.78 is 2.15. The number of rotatable bonds is 2. The fraction of sp³-hybridized carbons (Fsp3) is 0.643. The van der Waals surface area contributed by atoms with Gasteiger partial charge in [0, 0.05) is 44.6 Å². The molecular formula is C14H24N4O. The highest BCUT2D eigenvalue weighted by Gasteiger charge is 2.23. The normalized spacial score (nSPS) is 16.5. The summed E-state index contributed by atoms with van der Waals surface area (Å²) in [6, 6.07) is 4.79. The lowest BCUT2D eigenvalue weighted by Gasteiger charge is -2.34. The van der Waals surface area contributed by atoms with Crippen LogP contribution in [-0.2, 0) is 0 Å². The molecule has 1 aromatic heterocycles. The number of hydrogen-bond acceptors (Lipinski definition) is 2. The monoisotopic (exact) mass is 264 g/mol. The molecule has 5 nitrogen and oxygen atoms in total. The zero-order chi connectivity index (χ0) is 14.0. The third kappa shape index (κ3) is 3.03. The molecule has 0 radical (unpaired) electrons. The Hall–Kier alpha value is -1.65. The van der Waals surface area contributed by atoms with E-state index in [0.29, 0.717) is 6.04 Å². The average molecular weight is 264 g/mol. The molecule has 0 aliphatic carbocycles. The summed E-state index contributed by atoms with van der Waals surface area (Å²) in [5.41, 5.74) is 6.00. The van der Waals surface area contributed by atoms with Crippen LogP contribution >= 0.6 is 0 Å². The van der Waals surface area contributed by atoms with Gasteiger partial charge < -0.3 is 15.2 Å². The molecule has 1 saturated heterocycles. The van der Waals surface area contributed by atoms with Crippen LogP contribution < -0.4 is 5.43 Å². The van der Waals surface area contributed by atoms with E-state index in [1.54, 1.807) is 19.0 Å². The summed E-state index contributed by atoms with van der Waals surface area (Å²) in [5, 5.41) is 0. The summed E-state index contributed by atoms with van der Waals surface area (Å²) >= 11 is 0. The van der Waals surface area contributed by atoms with Crippen molar-refractivity contribution in [2.45, 2.75) is 32.7 Å². The minimum atomic E-state index is 0.117. The van der Waals surface area contributed by atoms with Crippen molar-refractivity contribution >= 4 is 6.03 Å². The topological polar surface area (TPSA) is 40.5 Å². The van der Waals surface area contributed by atoms with E-state index >= 15 is 0 Å². The summed E-state index contributed by atoms with van der Waals surface area (Å²) in [6.45, 7) is 5.86. The number of piperidine rings is 1. The molecule has 0 unspecified atom stereocenters. The number of amides is 2. The van der Waals surface area contributed by atoms with Crippen LogP contribution in [0.1, 0.15) is 24.2 Å². The first-order valence-electron chi connectivity index (χ1n) is 6.86. The summed E-state index contributed by atoms with van der Waals surface area (Å²) in [7, 11) is 3.61. The van der Waals surface area contributed by atoms with Gasteiger partial charge in [-0.2, -0.15) is 0 Å². The average Bonchev–Trinajstić information content (AvgIpc) is 2.70. The predicted molar refractivity (Wildman–Crippen MR) is 76.9 cm³/mol. The van der Waals surface area contributed by atoms with Crippen molar-refractivity contribution in [3.63, 3.8) is 0 Å². The van der Waals surface area contributed by atoms with E-state index < -0.39 is 0 Å². The third-order valence-electron chi connectivity index (χ3n) is 3.73. The van der Waals surface area contributed by atoms with Crippen LogP contribution in [0.5, 0.6) is 0 Å². The Morgan fingerprint density at radius 1 is 1.21 bits per heavy atom. The van der Waals surface area contributed by atoms with Gasteiger partial charge in [0.15, 0.2) is 0 Å². The van der Waals surface area contributed by atoms with Crippen molar-refractivity contribution in [2.24, 2.45) is 0 Å². The van der Waals surface area contributed by atoms with E-state index in [9.17, 15) is 4.79 Å². The molecule has 0 saturated carbocycles. The molecule has 0 spiro atoms. The number of likely N-dealkylation sites (tertiary alicyclic amines) is 1. The van der Waals surface area contributed by atoms with E-state index in [0.717, 1.165) is 25.9 Å². The molecule has 1 aliphatic rings. The number of urea groups is 1. The van der Waals surface area contributed by atoms with E-state index in [4.69, 9.17) is 0 Å². The Morgan fingerprint density at radius 2 is 1.74 bits per heavy atom. The van der Waals surface area contributed by atoms with Gasteiger partial charge in [-0.05, 0) is 38.8 Å². The number of nitrogens with zero attached hydrogens (tertiary/aromatic N) is 3. The first kappa shape index (κ1) is 13.8. The van der Waals surface area contributed by atoms with E-state index in [-0.39, 0.29) is 6.03 Å². The lowest BCUT2D eigenvalue weighted by molar-refractivity contribution is 0.157. The Bertz CT molecular complexity index is 425. The van der Waals surface area contributed by atoms with Gasteiger partial charge in [-0.3, -0.25) is 4.68 Å². The fourth-order valence-corrected chi connectivity index (χ4v) is 2.54. The molecule has 19 heavy (non-hydrogen) atoms. The second-order valence-electron chi connectivity index (χ2n) is 5.52. The zero-order valence-corrected chi connectivity index (χ0v) is 12.3. The second kappa shape index (κ2) is 5.55. The maximum Gasteiger partial charge on any atom is 0.319 e. The van der Waals surface area contributed by atoms with Gasteiger partial charge in [0.05, 0.1) is 0 Å². The molecule has 0 aromatic carbocycles. The van der Waals surface area contributed by atoms with Crippen LogP contribution in [0, 0.1) is 13.8 Å². The second-order valence-corrected chi connectivity index (χ2v) is 5.52. The van der Waals surface area contributed by atoms with E-state index in [1.807, 2.05) is 4.90 Å². The SMILES string of the molecule is Cc1ccc(C)n1NC1CCN(C(=O)N(C)C)CC1. The Labute approximate surface area is 115 Å². The number of carbonyl (C=O) groups is 1. The van der Waals surface area contributed by atoms with E-state index in [1.165, 1.54) is 11.4 Å². The molecule has 106 valence electrons. The maximum atomic E-state index is 11.9. The molecule has 2 heterocycles. The van der Waals surface area contributed by atoms with Crippen molar-refractivity contribution in [1.82, 2.24) is 14.5 Å². The van der Waals surface area contributed by atoms with Crippen molar-refractivity contribution in [1.29, 1.82) is 0 Å². The number of aryl methyl sites for hydroxylation is 2. The smallest absolute Gasteiger partial charge is 0.319 e. The van der Waals surface area contributed by atoms with Gasteiger partial charge >= 0.3 is 6.03 Å². The van der Waals surface area contributed by atoms with E-state index in [2.05, 4.69) is 36.1 Å². The first-order valence-corrected chi connectivity index (χ1v) is 6.86. The van der Waals surface area contributed by atoms with Crippen LogP contribution in [0.3, 0.4) is 0 Å². The third-order valence-corrected chi connectivity index (χ3v) is 3.73. The fourth-order valence-electron chi connectivity index (χ4n) is 2.54. The molecule has 0 atom stereocenters. The van der Waals surface area contributed by atoms with Gasteiger partial charge in [0.2, 0.25) is 0 Å². The van der Waals surface area contributed by atoms with Crippen LogP contribution in [0.4, 0.5) is 4.79 Å². The Balaban J connectivity index is 1.89. The highest BCUT2D eigenvalue weighted by atomic mass is 16.2. The number of nitrogens with one attached hydrogen (secondary N) is 1. The minimum Gasteiger partial charge on any atom is -0.331 e. The van der Waals surface area contributed by atoms with Crippen molar-refractivity contribution < 1.29 is 4.79 Å². The van der Waals surface area contributed by atoms with Crippen molar-refractivity contribution in [3.05, 3.63) is 23.5 Å². The maximum absolute atomic E-state index is 11.9. The lowest BCUT2D eigenvalue weighted by atomic mass is 10.1. The standard InChI is InChI=1S/C14H24N4O/c1-11-5-6-12(2)18(11)15-13-7-9-17(10-8-13)14(19)16(3)4/h5-6,13,15H,7-10H2,1-4H3. The van der Waals surface area contributed by atoms with Crippen molar-refractivity contribution in [3.8, 4) is 0 Å². The largest absolute Gasteiger partial charge is 0.331 e. The van der Waals surface area contributed by atoms with Crippen LogP contribution in [0.25, 0.3) is 0 Å². The lowest BCUT2D eigenvalue weighted by Crippen LogP contribution is -2.47. The molecule has 0 bridgehead atoms. The highest BCUT2D eigenvalue weighted by Crippen LogP contribution is 2.14. The van der Waals surface area contributed by atoms with Crippen LogP contribution in [0.15, 0.2) is 12.1 Å². The zero-order valence-electron chi connectivity index (χ0n) is 12.3. The molecule has 5 heteroatoms. The number of carbonyl (C=O) groups excluding carboxylic acids is 1. The molecule has 1 N–H and O–H groups in total. The van der Waals surface area contributed by atoms with Gasteiger partial charge in [-0.25, -0.2) is 4.79 Å². The summed E-state index contributed by atoms with van der Waals surface area (Å²) in [6.07, 6.45) is 1.99. The molecule has 1 aliphatic heterocycles. The van der Waals surface area contributed by atoms with Crippen molar-refractivity contribution in [2.75, 3.05) is 32.6 Å². The molecule has 2 amide bonds. The molecular weight excluding hydrogens is 240 g/mol. The highest BCUT2D eigenvalue weighted by molar-refractivity contribution is 5.73. The van der Waals surface area contributed by atoms with Crippen LogP contribution in [-0.4, -0.2) is 53.7 Å².